The van der Waals surface area contributed by atoms with Gasteiger partial charge in [-0.1, -0.05) is 42.5 Å². The molecule has 0 bridgehead atoms. The molecule has 3 rings (SSSR count). The molecule has 2 N–H and O–H groups in total. The standard InChI is InChI=1S/C17H17N3S/c21-17(18-14-9-2-1-3-10-14)20-19-16-12-6-8-13-7-4-5-11-15(13)16/h1-5,7,9-11H,6,8,12H2,(H2,18,20,21)/b19-16+. The molecule has 0 atom stereocenters. The van der Waals surface area contributed by atoms with Crippen LogP contribution in [-0.2, 0) is 6.42 Å². The predicted molar refractivity (Wildman–Crippen MR) is 91.7 cm³/mol. The highest BCUT2D eigenvalue weighted by molar-refractivity contribution is 7.80. The van der Waals surface area contributed by atoms with Crippen LogP contribution in [0.25, 0.3) is 0 Å². The van der Waals surface area contributed by atoms with Crippen LogP contribution >= 0.6 is 12.2 Å². The minimum atomic E-state index is 0.511. The average molecular weight is 295 g/mol. The Hall–Kier alpha value is -2.20. The van der Waals surface area contributed by atoms with Crippen LogP contribution in [0.2, 0.25) is 0 Å². The summed E-state index contributed by atoms with van der Waals surface area (Å²) in [7, 11) is 0. The number of hydrogen-bond acceptors (Lipinski definition) is 2. The lowest BCUT2D eigenvalue weighted by Crippen LogP contribution is -2.26. The van der Waals surface area contributed by atoms with Crippen LogP contribution in [-0.4, -0.2) is 10.8 Å². The highest BCUT2D eigenvalue weighted by atomic mass is 32.1. The van der Waals surface area contributed by atoms with Crippen LogP contribution in [0.3, 0.4) is 0 Å². The van der Waals surface area contributed by atoms with Gasteiger partial charge in [0, 0.05) is 11.3 Å². The fourth-order valence-electron chi connectivity index (χ4n) is 2.52. The van der Waals surface area contributed by atoms with E-state index in [-0.39, 0.29) is 0 Å². The Morgan fingerprint density at radius 3 is 2.57 bits per heavy atom. The van der Waals surface area contributed by atoms with Crippen molar-refractivity contribution in [1.29, 1.82) is 0 Å². The second-order valence-corrected chi connectivity index (χ2v) is 5.41. The number of benzene rings is 2. The normalized spacial score (nSPS) is 15.3. The summed E-state index contributed by atoms with van der Waals surface area (Å²) in [6.07, 6.45) is 3.25. The van der Waals surface area contributed by atoms with Crippen molar-refractivity contribution in [2.24, 2.45) is 5.10 Å². The number of rotatable bonds is 2. The van der Waals surface area contributed by atoms with E-state index in [9.17, 15) is 0 Å². The summed E-state index contributed by atoms with van der Waals surface area (Å²) in [6.45, 7) is 0. The van der Waals surface area contributed by atoms with E-state index in [1.165, 1.54) is 11.1 Å². The first-order valence-electron chi connectivity index (χ1n) is 7.10. The van der Waals surface area contributed by atoms with Crippen molar-refractivity contribution < 1.29 is 0 Å². The van der Waals surface area contributed by atoms with E-state index < -0.39 is 0 Å². The van der Waals surface area contributed by atoms with Crippen LogP contribution in [0, 0.1) is 0 Å². The fourth-order valence-corrected chi connectivity index (χ4v) is 2.68. The van der Waals surface area contributed by atoms with E-state index in [0.29, 0.717) is 5.11 Å². The fraction of sp³-hybridized carbons (Fsp3) is 0.176. The molecule has 0 radical (unpaired) electrons. The second-order valence-electron chi connectivity index (χ2n) is 5.00. The van der Waals surface area contributed by atoms with E-state index in [0.717, 1.165) is 30.7 Å². The van der Waals surface area contributed by atoms with Crippen LogP contribution in [0.4, 0.5) is 5.69 Å². The summed E-state index contributed by atoms with van der Waals surface area (Å²) in [5.74, 6) is 0. The summed E-state index contributed by atoms with van der Waals surface area (Å²) in [4.78, 5) is 0. The lowest BCUT2D eigenvalue weighted by molar-refractivity contribution is 0.828. The zero-order valence-corrected chi connectivity index (χ0v) is 12.5. The van der Waals surface area contributed by atoms with Crippen molar-refractivity contribution in [3.05, 3.63) is 65.7 Å². The minimum absolute atomic E-state index is 0.511. The lowest BCUT2D eigenvalue weighted by atomic mass is 9.90. The first kappa shape index (κ1) is 13.8. The summed E-state index contributed by atoms with van der Waals surface area (Å²) in [5.41, 5.74) is 7.59. The van der Waals surface area contributed by atoms with Gasteiger partial charge in [0.05, 0.1) is 5.71 Å². The highest BCUT2D eigenvalue weighted by Gasteiger charge is 2.14. The molecule has 21 heavy (non-hydrogen) atoms. The van der Waals surface area contributed by atoms with E-state index in [1.54, 1.807) is 0 Å². The van der Waals surface area contributed by atoms with Crippen molar-refractivity contribution in [2.45, 2.75) is 19.3 Å². The van der Waals surface area contributed by atoms with Crippen molar-refractivity contribution in [3.63, 3.8) is 0 Å². The van der Waals surface area contributed by atoms with Gasteiger partial charge >= 0.3 is 0 Å². The molecule has 0 saturated carbocycles. The Morgan fingerprint density at radius 2 is 1.71 bits per heavy atom. The largest absolute Gasteiger partial charge is 0.331 e. The molecule has 0 saturated heterocycles. The minimum Gasteiger partial charge on any atom is -0.331 e. The Balaban J connectivity index is 1.68. The molecule has 0 amide bonds. The molecule has 0 heterocycles. The maximum atomic E-state index is 5.27. The number of thiocarbonyl (C=S) groups is 1. The van der Waals surface area contributed by atoms with E-state index in [2.05, 4.69) is 40.1 Å². The van der Waals surface area contributed by atoms with Gasteiger partial charge in [-0.3, -0.25) is 5.43 Å². The van der Waals surface area contributed by atoms with E-state index in [1.807, 2.05) is 30.3 Å². The van der Waals surface area contributed by atoms with Gasteiger partial charge < -0.3 is 5.32 Å². The Bertz CT molecular complexity index is 665. The topological polar surface area (TPSA) is 36.4 Å². The summed E-state index contributed by atoms with van der Waals surface area (Å²) in [6, 6.07) is 18.3. The van der Waals surface area contributed by atoms with Gasteiger partial charge in [0.2, 0.25) is 0 Å². The Kier molecular flexibility index (Phi) is 4.26. The first-order valence-corrected chi connectivity index (χ1v) is 7.50. The molecule has 0 aromatic heterocycles. The van der Waals surface area contributed by atoms with Gasteiger partial charge in [0.15, 0.2) is 5.11 Å². The molecule has 2 aromatic carbocycles. The van der Waals surface area contributed by atoms with Gasteiger partial charge in [0.25, 0.3) is 0 Å². The number of nitrogens with one attached hydrogen (secondary N) is 2. The monoisotopic (exact) mass is 295 g/mol. The molecule has 106 valence electrons. The number of hydrazone groups is 1. The van der Waals surface area contributed by atoms with Crippen LogP contribution in [0.5, 0.6) is 0 Å². The van der Waals surface area contributed by atoms with Crippen LogP contribution < -0.4 is 10.7 Å². The molecule has 0 aliphatic heterocycles. The number of fused-ring (bicyclic) bond motifs is 1. The number of aryl methyl sites for hydroxylation is 1. The summed E-state index contributed by atoms with van der Waals surface area (Å²) >= 11 is 5.27. The molecule has 1 aliphatic rings. The third-order valence-electron chi connectivity index (χ3n) is 3.51. The highest BCUT2D eigenvalue weighted by Crippen LogP contribution is 2.21. The number of anilines is 1. The molecule has 4 heteroatoms. The van der Waals surface area contributed by atoms with Crippen molar-refractivity contribution in [1.82, 2.24) is 5.43 Å². The molecule has 1 aliphatic carbocycles. The quantitative estimate of drug-likeness (QED) is 0.655. The van der Waals surface area contributed by atoms with Gasteiger partial charge in [-0.15, -0.1) is 0 Å². The van der Waals surface area contributed by atoms with E-state index >= 15 is 0 Å². The summed E-state index contributed by atoms with van der Waals surface area (Å²) in [5, 5.41) is 8.11. The van der Waals surface area contributed by atoms with Gasteiger partial charge in [0.1, 0.15) is 0 Å². The predicted octanol–water partition coefficient (Wildman–Crippen LogP) is 3.71. The molecule has 0 spiro atoms. The zero-order chi connectivity index (χ0) is 14.5. The van der Waals surface area contributed by atoms with Gasteiger partial charge in [-0.2, -0.15) is 5.10 Å². The van der Waals surface area contributed by atoms with Crippen molar-refractivity contribution >= 4 is 28.7 Å². The maximum Gasteiger partial charge on any atom is 0.191 e. The maximum absolute atomic E-state index is 5.27. The van der Waals surface area contributed by atoms with Crippen molar-refractivity contribution in [2.75, 3.05) is 5.32 Å². The smallest absolute Gasteiger partial charge is 0.191 e. The second kappa shape index (κ2) is 6.50. The number of hydrogen-bond donors (Lipinski definition) is 2. The molecule has 3 nitrogen and oxygen atoms in total. The Labute approximate surface area is 130 Å². The number of para-hydroxylation sites is 1. The first-order chi connectivity index (χ1) is 10.3. The van der Waals surface area contributed by atoms with Crippen LogP contribution in [0.15, 0.2) is 59.7 Å². The van der Waals surface area contributed by atoms with Crippen LogP contribution in [0.1, 0.15) is 24.0 Å². The van der Waals surface area contributed by atoms with E-state index in [4.69, 9.17) is 12.2 Å². The average Bonchev–Trinajstić information content (AvgIpc) is 2.54. The molecule has 0 unspecified atom stereocenters. The molecule has 0 fully saturated rings. The molecule has 2 aromatic rings. The lowest BCUT2D eigenvalue weighted by Gasteiger charge is -2.17. The third kappa shape index (κ3) is 3.47. The number of nitrogens with zero attached hydrogens (tertiary/aromatic N) is 1. The van der Waals surface area contributed by atoms with Crippen molar-refractivity contribution in [3.8, 4) is 0 Å². The zero-order valence-electron chi connectivity index (χ0n) is 11.7. The van der Waals surface area contributed by atoms with Gasteiger partial charge in [-0.25, -0.2) is 0 Å². The SMILES string of the molecule is S=C(N/N=C1\CCCc2ccccc21)Nc1ccccc1. The Morgan fingerprint density at radius 1 is 0.952 bits per heavy atom. The van der Waals surface area contributed by atoms with Gasteiger partial charge in [-0.05, 0) is 49.2 Å². The third-order valence-corrected chi connectivity index (χ3v) is 3.71. The molecular weight excluding hydrogens is 278 g/mol. The molecular formula is C17H17N3S. The summed E-state index contributed by atoms with van der Waals surface area (Å²) < 4.78 is 0.